The monoisotopic (exact) mass is 636 g/mol. The van der Waals surface area contributed by atoms with Crippen molar-refractivity contribution in [3.63, 3.8) is 0 Å². The molecule has 0 fully saturated rings. The average molecular weight is 638 g/mol. The number of carbonyl (C=O) groups is 1. The van der Waals surface area contributed by atoms with Gasteiger partial charge in [-0.1, -0.05) is 31.9 Å². The number of hydrogen-bond acceptors (Lipinski definition) is 6. The lowest BCUT2D eigenvalue weighted by Gasteiger charge is -2.14. The molecule has 200 valence electrons. The largest absolute Gasteiger partial charge is 0.479 e. The molecule has 0 aliphatic heterocycles. The van der Waals surface area contributed by atoms with Crippen molar-refractivity contribution in [2.45, 2.75) is 65.8 Å². The van der Waals surface area contributed by atoms with E-state index in [-0.39, 0.29) is 23.6 Å². The highest BCUT2D eigenvalue weighted by Crippen LogP contribution is 2.29. The number of nitrogen functional groups attached to an aromatic ring is 1. The van der Waals surface area contributed by atoms with Gasteiger partial charge in [0, 0.05) is 21.0 Å². The van der Waals surface area contributed by atoms with Crippen LogP contribution in [0.2, 0.25) is 0 Å². The molecule has 0 aliphatic carbocycles. The molecule has 2 atom stereocenters. The number of nitrogens with one attached hydrogen (secondary N) is 1. The summed E-state index contributed by atoms with van der Waals surface area (Å²) in [4.78, 5) is 13.6. The third kappa shape index (κ3) is 8.99. The van der Waals surface area contributed by atoms with Gasteiger partial charge >= 0.3 is 5.97 Å². The van der Waals surface area contributed by atoms with Crippen LogP contribution in [0.4, 0.5) is 20.2 Å². The van der Waals surface area contributed by atoms with E-state index in [1.807, 2.05) is 38.3 Å². The van der Waals surface area contributed by atoms with Crippen LogP contribution in [0.5, 0.6) is 0 Å². The minimum absolute atomic E-state index is 0.110. The molecule has 0 radical (unpaired) electrons. The first-order chi connectivity index (χ1) is 16.6. The summed E-state index contributed by atoms with van der Waals surface area (Å²) in [6.07, 6.45) is -1.95. The highest BCUT2D eigenvalue weighted by atomic mass is 79.9. The number of aliphatic hydroxyl groups is 2. The van der Waals surface area contributed by atoms with Gasteiger partial charge in [-0.15, -0.1) is 0 Å². The van der Waals surface area contributed by atoms with Crippen LogP contribution in [0.1, 0.15) is 59.5 Å². The van der Waals surface area contributed by atoms with Crippen LogP contribution >= 0.6 is 31.9 Å². The fourth-order valence-electron chi connectivity index (χ4n) is 2.99. The smallest absolute Gasteiger partial charge is 0.332 e. The summed E-state index contributed by atoms with van der Waals surface area (Å²) in [5.41, 5.74) is 7.33. The SMILES string of the molecule is CC(C)Nc1cc(Br)cc(F)c1N.CC(C)n1c([C@@H](C)O)nc2c(F)cc(Br)cc21.C[C@@H](O)C(=O)O. The van der Waals surface area contributed by atoms with E-state index in [1.165, 1.54) is 19.1 Å². The second-order valence-corrected chi connectivity index (χ2v) is 10.4. The van der Waals surface area contributed by atoms with Gasteiger partial charge in [-0.3, -0.25) is 0 Å². The van der Waals surface area contributed by atoms with E-state index in [1.54, 1.807) is 13.0 Å². The Morgan fingerprint density at radius 2 is 1.50 bits per heavy atom. The van der Waals surface area contributed by atoms with Crippen molar-refractivity contribution >= 4 is 60.2 Å². The Labute approximate surface area is 225 Å². The number of fused-ring (bicyclic) bond motifs is 1. The molecule has 0 amide bonds. The number of hydrogen-bond donors (Lipinski definition) is 5. The zero-order valence-corrected chi connectivity index (χ0v) is 24.0. The Bertz CT molecular complexity index is 1180. The van der Waals surface area contributed by atoms with Crippen molar-refractivity contribution in [2.75, 3.05) is 11.1 Å². The minimum Gasteiger partial charge on any atom is -0.479 e. The van der Waals surface area contributed by atoms with E-state index in [0.717, 1.165) is 0 Å². The molecule has 3 aromatic rings. The number of carboxylic acid groups (broad SMARTS) is 1. The number of rotatable bonds is 5. The third-order valence-electron chi connectivity index (χ3n) is 4.53. The van der Waals surface area contributed by atoms with Crippen LogP contribution < -0.4 is 11.1 Å². The lowest BCUT2D eigenvalue weighted by molar-refractivity contribution is -0.145. The maximum atomic E-state index is 13.8. The van der Waals surface area contributed by atoms with E-state index in [4.69, 9.17) is 15.9 Å². The van der Waals surface area contributed by atoms with Gasteiger partial charge in [0.25, 0.3) is 0 Å². The number of halogens is 4. The third-order valence-corrected chi connectivity index (χ3v) is 5.44. The normalized spacial score (nSPS) is 12.5. The molecular weight excluding hydrogens is 606 g/mol. The Morgan fingerprint density at radius 3 is 1.94 bits per heavy atom. The van der Waals surface area contributed by atoms with Crippen molar-refractivity contribution in [1.82, 2.24) is 9.55 Å². The van der Waals surface area contributed by atoms with Gasteiger partial charge in [-0.25, -0.2) is 18.6 Å². The lowest BCUT2D eigenvalue weighted by Crippen LogP contribution is -2.13. The number of nitrogens with two attached hydrogens (primary N) is 1. The number of imidazole rings is 1. The molecule has 0 bridgehead atoms. The summed E-state index contributed by atoms with van der Waals surface area (Å²) >= 11 is 6.47. The summed E-state index contributed by atoms with van der Waals surface area (Å²) in [6, 6.07) is 6.65. The number of benzene rings is 2. The maximum Gasteiger partial charge on any atom is 0.332 e. The number of aromatic nitrogens is 2. The molecule has 6 N–H and O–H groups in total. The molecule has 1 aromatic heterocycles. The molecule has 0 saturated heterocycles. The van der Waals surface area contributed by atoms with Crippen molar-refractivity contribution in [1.29, 1.82) is 0 Å². The fourth-order valence-corrected chi connectivity index (χ4v) is 3.84. The average Bonchev–Trinajstić information content (AvgIpc) is 3.12. The molecule has 2 aromatic carbocycles. The van der Waals surface area contributed by atoms with E-state index in [2.05, 4.69) is 42.2 Å². The molecule has 12 heteroatoms. The number of carboxylic acids is 1. The fraction of sp³-hybridized carbons (Fsp3) is 0.417. The maximum absolute atomic E-state index is 13.8. The van der Waals surface area contributed by atoms with Crippen molar-refractivity contribution in [2.24, 2.45) is 0 Å². The Kier molecular flexibility index (Phi) is 12.2. The molecule has 36 heavy (non-hydrogen) atoms. The van der Waals surface area contributed by atoms with Gasteiger partial charge in [-0.05, 0) is 65.8 Å². The topological polar surface area (TPSA) is 134 Å². The van der Waals surface area contributed by atoms with Crippen LogP contribution in [0, 0.1) is 11.6 Å². The highest BCUT2D eigenvalue weighted by molar-refractivity contribution is 9.10. The second kappa shape index (κ2) is 13.9. The Balaban J connectivity index is 0.000000302. The molecule has 1 heterocycles. The predicted molar refractivity (Wildman–Crippen MR) is 145 cm³/mol. The standard InChI is InChI=1S/C12H14BrFN2O.C9H12BrFN2.C3H6O3/c1-6(2)16-10-5-8(13)4-9(14)11(10)15-12(16)7(3)17;1-5(2)13-8-4-6(10)3-7(11)9(8)12;1-2(4)3(5)6/h4-7,17H,1-3H3;3-5,13H,12H2,1-2H3;2,4H,1H3,(H,5,6)/t7-;;2-/m1.1/s1. The summed E-state index contributed by atoms with van der Waals surface area (Å²) in [5, 5.41) is 28.5. The van der Waals surface area contributed by atoms with Gasteiger partial charge in [0.15, 0.2) is 5.82 Å². The van der Waals surface area contributed by atoms with Crippen molar-refractivity contribution in [3.8, 4) is 0 Å². The predicted octanol–water partition coefficient (Wildman–Crippen LogP) is 6.01. The van der Waals surface area contributed by atoms with E-state index in [0.29, 0.717) is 31.5 Å². The Hall–Kier alpha value is -2.28. The molecule has 0 aliphatic rings. The zero-order chi connectivity index (χ0) is 27.9. The van der Waals surface area contributed by atoms with Crippen LogP contribution in [0.3, 0.4) is 0 Å². The Morgan fingerprint density at radius 1 is 1.00 bits per heavy atom. The van der Waals surface area contributed by atoms with Gasteiger partial charge in [0.1, 0.15) is 29.4 Å². The van der Waals surface area contributed by atoms with Gasteiger partial charge in [-0.2, -0.15) is 0 Å². The van der Waals surface area contributed by atoms with Crippen LogP contribution in [-0.2, 0) is 4.79 Å². The summed E-state index contributed by atoms with van der Waals surface area (Å²) in [7, 11) is 0. The van der Waals surface area contributed by atoms with Crippen molar-refractivity contribution < 1.29 is 28.9 Å². The first kappa shape index (κ1) is 31.7. The van der Waals surface area contributed by atoms with Gasteiger partial charge in [0.2, 0.25) is 0 Å². The van der Waals surface area contributed by atoms with Crippen LogP contribution in [0.25, 0.3) is 11.0 Å². The van der Waals surface area contributed by atoms with Crippen molar-refractivity contribution in [3.05, 3.63) is 50.7 Å². The highest BCUT2D eigenvalue weighted by Gasteiger charge is 2.19. The van der Waals surface area contributed by atoms with E-state index in [9.17, 15) is 18.7 Å². The number of nitrogens with zero attached hydrogens (tertiary/aromatic N) is 2. The lowest BCUT2D eigenvalue weighted by atomic mass is 10.2. The molecule has 0 unspecified atom stereocenters. The molecule has 0 spiro atoms. The molecule has 0 saturated carbocycles. The minimum atomic E-state index is -1.23. The van der Waals surface area contributed by atoms with Crippen LogP contribution in [0.15, 0.2) is 33.2 Å². The van der Waals surface area contributed by atoms with Crippen LogP contribution in [-0.4, -0.2) is 43.0 Å². The second-order valence-electron chi connectivity index (χ2n) is 8.53. The summed E-state index contributed by atoms with van der Waals surface area (Å²) in [6.45, 7) is 10.7. The summed E-state index contributed by atoms with van der Waals surface area (Å²) < 4.78 is 30.1. The number of anilines is 2. The number of aliphatic hydroxyl groups excluding tert-OH is 2. The quantitative estimate of drug-likeness (QED) is 0.216. The van der Waals surface area contributed by atoms with E-state index < -0.39 is 24.0 Å². The zero-order valence-electron chi connectivity index (χ0n) is 20.9. The first-order valence-corrected chi connectivity index (χ1v) is 12.6. The number of aliphatic carboxylic acids is 1. The molecular formula is C24H32Br2F2N4O4. The molecule has 3 rings (SSSR count). The van der Waals surface area contributed by atoms with E-state index >= 15 is 0 Å². The van der Waals surface area contributed by atoms with Gasteiger partial charge < -0.3 is 30.9 Å². The van der Waals surface area contributed by atoms with Gasteiger partial charge in [0.05, 0.1) is 16.9 Å². The first-order valence-electron chi connectivity index (χ1n) is 11.0. The molecule has 8 nitrogen and oxygen atoms in total. The summed E-state index contributed by atoms with van der Waals surface area (Å²) in [5.74, 6) is -1.48.